The van der Waals surface area contributed by atoms with Crippen LogP contribution >= 0.6 is 11.6 Å². The molecule has 1 heterocycles. The van der Waals surface area contributed by atoms with E-state index in [1.54, 1.807) is 48.5 Å². The fourth-order valence-electron chi connectivity index (χ4n) is 3.45. The van der Waals surface area contributed by atoms with Crippen LogP contribution in [0.2, 0.25) is 5.02 Å². The van der Waals surface area contributed by atoms with E-state index in [2.05, 4.69) is 12.2 Å². The summed E-state index contributed by atoms with van der Waals surface area (Å²) in [5.41, 5.74) is 0.712. The van der Waals surface area contributed by atoms with Crippen LogP contribution in [-0.2, 0) is 9.59 Å². The van der Waals surface area contributed by atoms with Crippen LogP contribution in [0.3, 0.4) is 0 Å². The average molecular weight is 455 g/mol. The Morgan fingerprint density at radius 3 is 2.44 bits per heavy atom. The number of anilines is 1. The first-order chi connectivity index (χ1) is 15.5. The summed E-state index contributed by atoms with van der Waals surface area (Å²) >= 11 is 6.15. The van der Waals surface area contributed by atoms with Gasteiger partial charge in [0.2, 0.25) is 0 Å². The van der Waals surface area contributed by atoms with Crippen molar-refractivity contribution in [2.24, 2.45) is 0 Å². The van der Waals surface area contributed by atoms with Gasteiger partial charge in [0.15, 0.2) is 0 Å². The summed E-state index contributed by atoms with van der Waals surface area (Å²) < 4.78 is 5.92. The predicted octanol–water partition coefficient (Wildman–Crippen LogP) is 5.75. The minimum atomic E-state index is -0.783. The van der Waals surface area contributed by atoms with Crippen LogP contribution in [0.15, 0.2) is 54.1 Å². The van der Waals surface area contributed by atoms with Gasteiger partial charge >= 0.3 is 6.03 Å². The van der Waals surface area contributed by atoms with Crippen LogP contribution < -0.4 is 15.0 Å². The Hall–Kier alpha value is -3.12. The number of hydrogen-bond donors (Lipinski definition) is 1. The maximum atomic E-state index is 13.0. The van der Waals surface area contributed by atoms with Gasteiger partial charge in [0.25, 0.3) is 11.8 Å². The van der Waals surface area contributed by atoms with Crippen molar-refractivity contribution in [3.05, 3.63) is 64.7 Å². The van der Waals surface area contributed by atoms with Gasteiger partial charge in [-0.15, -0.1) is 0 Å². The molecule has 32 heavy (non-hydrogen) atoms. The summed E-state index contributed by atoms with van der Waals surface area (Å²) in [6, 6.07) is 12.7. The number of imide groups is 2. The molecule has 1 fully saturated rings. The van der Waals surface area contributed by atoms with Gasteiger partial charge in [-0.2, -0.15) is 0 Å². The standard InChI is InChI=1S/C25H27ClN2O4/c1-2-3-4-5-6-10-15-32-22-14-13-19(26)16-18(22)17-21-23(29)27-25(31)28(24(21)30)20-11-8-7-9-12-20/h7-9,11-14,16-17H,2-6,10,15H2,1H3,(H,27,29,31)/b21-17-. The van der Waals surface area contributed by atoms with Gasteiger partial charge in [-0.05, 0) is 42.8 Å². The second kappa shape index (κ2) is 11.5. The largest absolute Gasteiger partial charge is 0.493 e. The minimum Gasteiger partial charge on any atom is -0.493 e. The first-order valence-electron chi connectivity index (χ1n) is 10.9. The molecule has 6 nitrogen and oxygen atoms in total. The van der Waals surface area contributed by atoms with Gasteiger partial charge in [0.05, 0.1) is 12.3 Å². The molecule has 7 heteroatoms. The van der Waals surface area contributed by atoms with Crippen LogP contribution in [0.4, 0.5) is 10.5 Å². The smallest absolute Gasteiger partial charge is 0.335 e. The summed E-state index contributed by atoms with van der Waals surface area (Å²) in [6.07, 6.45) is 8.27. The van der Waals surface area contributed by atoms with Crippen molar-refractivity contribution >= 4 is 41.2 Å². The summed E-state index contributed by atoms with van der Waals surface area (Å²) in [4.78, 5) is 38.7. The maximum absolute atomic E-state index is 13.0. The number of barbiturate groups is 1. The number of amides is 4. The molecular weight excluding hydrogens is 428 g/mol. The summed E-state index contributed by atoms with van der Waals surface area (Å²) in [5.74, 6) is -0.931. The molecule has 0 bridgehead atoms. The zero-order valence-electron chi connectivity index (χ0n) is 18.1. The summed E-state index contributed by atoms with van der Waals surface area (Å²) in [7, 11) is 0. The number of carbonyl (C=O) groups excluding carboxylic acids is 3. The first kappa shape index (κ1) is 23.5. The predicted molar refractivity (Wildman–Crippen MR) is 126 cm³/mol. The highest BCUT2D eigenvalue weighted by Gasteiger charge is 2.36. The zero-order chi connectivity index (χ0) is 22.9. The third-order valence-electron chi connectivity index (χ3n) is 5.14. The summed E-state index contributed by atoms with van der Waals surface area (Å²) in [5, 5.41) is 2.67. The van der Waals surface area contributed by atoms with E-state index in [4.69, 9.17) is 16.3 Å². The Morgan fingerprint density at radius 2 is 1.69 bits per heavy atom. The number of para-hydroxylation sites is 1. The lowest BCUT2D eigenvalue weighted by Gasteiger charge is -2.26. The average Bonchev–Trinajstić information content (AvgIpc) is 2.78. The molecule has 168 valence electrons. The number of halogens is 1. The Kier molecular flexibility index (Phi) is 8.45. The molecule has 4 amide bonds. The topological polar surface area (TPSA) is 75.7 Å². The third kappa shape index (κ3) is 5.98. The van der Waals surface area contributed by atoms with Crippen molar-refractivity contribution in [3.63, 3.8) is 0 Å². The van der Waals surface area contributed by atoms with Crippen LogP contribution in [0.5, 0.6) is 5.75 Å². The highest BCUT2D eigenvalue weighted by molar-refractivity contribution is 6.39. The molecule has 2 aromatic rings. The number of nitrogens with zero attached hydrogens (tertiary/aromatic N) is 1. The van der Waals surface area contributed by atoms with Crippen molar-refractivity contribution in [3.8, 4) is 5.75 Å². The Bertz CT molecular complexity index is 1000. The number of urea groups is 1. The number of hydrogen-bond acceptors (Lipinski definition) is 4. The second-order valence-electron chi connectivity index (χ2n) is 7.59. The number of carbonyl (C=O) groups is 3. The van der Waals surface area contributed by atoms with Crippen LogP contribution in [-0.4, -0.2) is 24.5 Å². The zero-order valence-corrected chi connectivity index (χ0v) is 18.9. The number of rotatable bonds is 10. The highest BCUT2D eigenvalue weighted by atomic mass is 35.5. The Labute approximate surface area is 193 Å². The SMILES string of the molecule is CCCCCCCCOc1ccc(Cl)cc1/C=C1/C(=O)NC(=O)N(c2ccccc2)C1=O. The molecule has 1 aliphatic rings. The molecule has 0 radical (unpaired) electrons. The van der Waals surface area contributed by atoms with E-state index >= 15 is 0 Å². The van der Waals surface area contributed by atoms with Crippen molar-refractivity contribution in [2.75, 3.05) is 11.5 Å². The van der Waals surface area contributed by atoms with E-state index in [1.807, 2.05) is 0 Å². The fraction of sp³-hybridized carbons (Fsp3) is 0.320. The van der Waals surface area contributed by atoms with E-state index in [9.17, 15) is 14.4 Å². The van der Waals surface area contributed by atoms with E-state index in [1.165, 1.54) is 31.8 Å². The maximum Gasteiger partial charge on any atom is 0.335 e. The third-order valence-corrected chi connectivity index (χ3v) is 5.38. The van der Waals surface area contributed by atoms with Gasteiger partial charge < -0.3 is 4.74 Å². The lowest BCUT2D eigenvalue weighted by molar-refractivity contribution is -0.122. The van der Waals surface area contributed by atoms with Gasteiger partial charge in [-0.1, -0.05) is 68.8 Å². The number of nitrogens with one attached hydrogen (secondary N) is 1. The normalized spacial score (nSPS) is 15.2. The quantitative estimate of drug-likeness (QED) is 0.282. The van der Waals surface area contributed by atoms with Gasteiger partial charge in [-0.25, -0.2) is 9.69 Å². The lowest BCUT2D eigenvalue weighted by atomic mass is 10.1. The molecule has 0 saturated carbocycles. The van der Waals surface area contributed by atoms with Crippen molar-refractivity contribution in [1.82, 2.24) is 5.32 Å². The molecule has 1 saturated heterocycles. The van der Waals surface area contributed by atoms with Gasteiger partial charge in [0.1, 0.15) is 11.3 Å². The van der Waals surface area contributed by atoms with Crippen molar-refractivity contribution in [2.45, 2.75) is 45.4 Å². The monoisotopic (exact) mass is 454 g/mol. The molecule has 0 atom stereocenters. The van der Waals surface area contributed by atoms with Gasteiger partial charge in [-0.3, -0.25) is 14.9 Å². The molecule has 2 aromatic carbocycles. The molecular formula is C25H27ClN2O4. The molecule has 3 rings (SSSR count). The van der Waals surface area contributed by atoms with E-state index in [0.29, 0.717) is 28.6 Å². The minimum absolute atomic E-state index is 0.167. The molecule has 0 aliphatic carbocycles. The van der Waals surface area contributed by atoms with E-state index in [-0.39, 0.29) is 5.57 Å². The Morgan fingerprint density at radius 1 is 0.969 bits per heavy atom. The first-order valence-corrected chi connectivity index (χ1v) is 11.3. The molecule has 0 unspecified atom stereocenters. The van der Waals surface area contributed by atoms with Crippen molar-refractivity contribution in [1.29, 1.82) is 0 Å². The lowest BCUT2D eigenvalue weighted by Crippen LogP contribution is -2.54. The van der Waals surface area contributed by atoms with E-state index < -0.39 is 17.8 Å². The van der Waals surface area contributed by atoms with Crippen LogP contribution in [0, 0.1) is 0 Å². The molecule has 0 spiro atoms. The molecule has 1 N–H and O–H groups in total. The van der Waals surface area contributed by atoms with Gasteiger partial charge in [0, 0.05) is 10.6 Å². The second-order valence-corrected chi connectivity index (χ2v) is 8.03. The number of ether oxygens (including phenoxy) is 1. The number of benzene rings is 2. The Balaban J connectivity index is 1.78. The fourth-order valence-corrected chi connectivity index (χ4v) is 3.63. The highest BCUT2D eigenvalue weighted by Crippen LogP contribution is 2.28. The molecule has 0 aromatic heterocycles. The number of unbranched alkanes of at least 4 members (excludes halogenated alkanes) is 5. The van der Waals surface area contributed by atoms with Crippen molar-refractivity contribution < 1.29 is 19.1 Å². The van der Waals surface area contributed by atoms with Crippen LogP contribution in [0.1, 0.15) is 51.0 Å². The van der Waals surface area contributed by atoms with E-state index in [0.717, 1.165) is 17.7 Å². The molecule has 1 aliphatic heterocycles. The van der Waals surface area contributed by atoms with Crippen LogP contribution in [0.25, 0.3) is 6.08 Å². The summed E-state index contributed by atoms with van der Waals surface area (Å²) in [6.45, 7) is 2.71.